The molecule has 154 valence electrons. The number of aromatic nitrogens is 2. The standard InChI is InChI=1S/C23H30N4O2/c1-26-21-13-15-27(23(29)18-10-6-3-7-11-18)16-19(21)20(25-26)12-14-24-22(28)17-8-4-2-5-9-17/h2,4-5,8-9,18H,3,6-7,10-16H2,1H3,(H,24,28). The van der Waals surface area contributed by atoms with Gasteiger partial charge in [-0.15, -0.1) is 0 Å². The van der Waals surface area contributed by atoms with Crippen LogP contribution in [0.3, 0.4) is 0 Å². The van der Waals surface area contributed by atoms with E-state index in [1.165, 1.54) is 30.5 Å². The van der Waals surface area contributed by atoms with E-state index in [2.05, 4.69) is 5.32 Å². The molecule has 1 aliphatic heterocycles. The molecule has 2 heterocycles. The van der Waals surface area contributed by atoms with Gasteiger partial charge in [-0.25, -0.2) is 0 Å². The van der Waals surface area contributed by atoms with Crippen LogP contribution in [0.15, 0.2) is 30.3 Å². The molecule has 0 spiro atoms. The normalized spacial score (nSPS) is 17.1. The van der Waals surface area contributed by atoms with Gasteiger partial charge in [-0.05, 0) is 25.0 Å². The maximum absolute atomic E-state index is 13.0. The van der Waals surface area contributed by atoms with E-state index in [0.29, 0.717) is 31.0 Å². The fourth-order valence-electron chi connectivity index (χ4n) is 4.65. The molecule has 0 unspecified atom stereocenters. The number of carbonyl (C=O) groups excluding carboxylic acids is 2. The lowest BCUT2D eigenvalue weighted by Crippen LogP contribution is -2.40. The molecule has 2 amide bonds. The Kier molecular flexibility index (Phi) is 5.97. The van der Waals surface area contributed by atoms with Crippen LogP contribution >= 0.6 is 0 Å². The number of rotatable bonds is 5. The molecule has 4 rings (SSSR count). The minimum atomic E-state index is -0.0653. The molecule has 1 N–H and O–H groups in total. The lowest BCUT2D eigenvalue weighted by Gasteiger charge is -2.32. The Hall–Kier alpha value is -2.63. The fourth-order valence-corrected chi connectivity index (χ4v) is 4.65. The van der Waals surface area contributed by atoms with Gasteiger partial charge in [0, 0.05) is 62.3 Å². The molecule has 1 aromatic carbocycles. The largest absolute Gasteiger partial charge is 0.352 e. The topological polar surface area (TPSA) is 67.2 Å². The van der Waals surface area contributed by atoms with Crippen molar-refractivity contribution in [1.29, 1.82) is 0 Å². The Bertz CT molecular complexity index is 869. The van der Waals surface area contributed by atoms with Gasteiger partial charge >= 0.3 is 0 Å². The van der Waals surface area contributed by atoms with Crippen LogP contribution in [0.5, 0.6) is 0 Å². The smallest absolute Gasteiger partial charge is 0.251 e. The van der Waals surface area contributed by atoms with Crippen LogP contribution in [0.2, 0.25) is 0 Å². The molecule has 0 saturated heterocycles. The van der Waals surface area contributed by atoms with E-state index in [1.807, 2.05) is 47.0 Å². The van der Waals surface area contributed by atoms with Crippen molar-refractivity contribution >= 4 is 11.8 Å². The van der Waals surface area contributed by atoms with Crippen LogP contribution in [-0.4, -0.2) is 39.6 Å². The number of hydrogen-bond donors (Lipinski definition) is 1. The van der Waals surface area contributed by atoms with Crippen molar-refractivity contribution in [3.8, 4) is 0 Å². The number of carbonyl (C=O) groups is 2. The van der Waals surface area contributed by atoms with Crippen molar-refractivity contribution < 1.29 is 9.59 Å². The highest BCUT2D eigenvalue weighted by Gasteiger charge is 2.31. The summed E-state index contributed by atoms with van der Waals surface area (Å²) in [7, 11) is 1.98. The molecule has 6 heteroatoms. The molecule has 1 aromatic heterocycles. The van der Waals surface area contributed by atoms with Gasteiger partial charge in [-0.2, -0.15) is 5.10 Å². The van der Waals surface area contributed by atoms with Crippen LogP contribution in [0.1, 0.15) is 59.4 Å². The van der Waals surface area contributed by atoms with Gasteiger partial charge in [0.25, 0.3) is 5.91 Å². The van der Waals surface area contributed by atoms with E-state index >= 15 is 0 Å². The lowest BCUT2D eigenvalue weighted by atomic mass is 9.87. The molecule has 6 nitrogen and oxygen atoms in total. The molecule has 1 aliphatic carbocycles. The fraction of sp³-hybridized carbons (Fsp3) is 0.522. The zero-order valence-electron chi connectivity index (χ0n) is 17.2. The SMILES string of the molecule is Cn1nc(CCNC(=O)c2ccccc2)c2c1CCN(C(=O)C1CCCCC1)C2. The number of benzene rings is 1. The van der Waals surface area contributed by atoms with Crippen molar-refractivity contribution in [1.82, 2.24) is 20.0 Å². The second kappa shape index (κ2) is 8.80. The first-order valence-corrected chi connectivity index (χ1v) is 10.8. The monoisotopic (exact) mass is 394 g/mol. The number of fused-ring (bicyclic) bond motifs is 1. The Morgan fingerprint density at radius 1 is 1.14 bits per heavy atom. The van der Waals surface area contributed by atoms with Crippen molar-refractivity contribution in [3.63, 3.8) is 0 Å². The second-order valence-electron chi connectivity index (χ2n) is 8.21. The van der Waals surface area contributed by atoms with E-state index in [9.17, 15) is 9.59 Å². The van der Waals surface area contributed by atoms with Gasteiger partial charge < -0.3 is 10.2 Å². The molecular weight excluding hydrogens is 364 g/mol. The summed E-state index contributed by atoms with van der Waals surface area (Å²) in [6.45, 7) is 1.97. The summed E-state index contributed by atoms with van der Waals surface area (Å²) in [5.41, 5.74) is 4.07. The van der Waals surface area contributed by atoms with Crippen LogP contribution in [0.25, 0.3) is 0 Å². The Balaban J connectivity index is 1.39. The summed E-state index contributed by atoms with van der Waals surface area (Å²) in [6.07, 6.45) is 7.21. The average molecular weight is 395 g/mol. The summed E-state index contributed by atoms with van der Waals surface area (Å²) in [5, 5.41) is 7.68. The third kappa shape index (κ3) is 4.36. The van der Waals surface area contributed by atoms with Crippen LogP contribution < -0.4 is 5.32 Å². The Morgan fingerprint density at radius 2 is 1.90 bits per heavy atom. The van der Waals surface area contributed by atoms with Crippen molar-refractivity contribution in [2.45, 2.75) is 51.5 Å². The minimum absolute atomic E-state index is 0.0653. The van der Waals surface area contributed by atoms with Gasteiger partial charge in [0.05, 0.1) is 5.69 Å². The molecular formula is C23H30N4O2. The molecule has 2 aliphatic rings. The lowest BCUT2D eigenvalue weighted by molar-refractivity contribution is -0.137. The van der Waals surface area contributed by atoms with Crippen LogP contribution in [0, 0.1) is 5.92 Å². The Morgan fingerprint density at radius 3 is 2.66 bits per heavy atom. The second-order valence-corrected chi connectivity index (χ2v) is 8.21. The predicted octanol–water partition coefficient (Wildman–Crippen LogP) is 2.86. The third-order valence-electron chi connectivity index (χ3n) is 6.27. The molecule has 2 aromatic rings. The quantitative estimate of drug-likeness (QED) is 0.848. The zero-order chi connectivity index (χ0) is 20.2. The molecule has 0 atom stereocenters. The van der Waals surface area contributed by atoms with Gasteiger partial charge in [-0.1, -0.05) is 37.5 Å². The van der Waals surface area contributed by atoms with Gasteiger partial charge in [0.15, 0.2) is 0 Å². The first kappa shape index (κ1) is 19.7. The van der Waals surface area contributed by atoms with Crippen LogP contribution in [0.4, 0.5) is 0 Å². The summed E-state index contributed by atoms with van der Waals surface area (Å²) < 4.78 is 1.95. The van der Waals surface area contributed by atoms with Crippen LogP contribution in [-0.2, 0) is 31.2 Å². The average Bonchev–Trinajstić information content (AvgIpc) is 3.09. The highest BCUT2D eigenvalue weighted by molar-refractivity contribution is 5.94. The molecule has 0 radical (unpaired) electrons. The first-order valence-electron chi connectivity index (χ1n) is 10.8. The van der Waals surface area contributed by atoms with Gasteiger partial charge in [0.1, 0.15) is 0 Å². The van der Waals surface area contributed by atoms with Gasteiger partial charge in [0.2, 0.25) is 5.91 Å². The summed E-state index contributed by atoms with van der Waals surface area (Å²) in [4.78, 5) is 27.3. The highest BCUT2D eigenvalue weighted by atomic mass is 16.2. The highest BCUT2D eigenvalue weighted by Crippen LogP contribution is 2.29. The van der Waals surface area contributed by atoms with Gasteiger partial charge in [-0.3, -0.25) is 14.3 Å². The van der Waals surface area contributed by atoms with E-state index in [4.69, 9.17) is 5.10 Å². The summed E-state index contributed by atoms with van der Waals surface area (Å²) in [5.74, 6) is 0.461. The van der Waals surface area contributed by atoms with Crippen molar-refractivity contribution in [3.05, 3.63) is 52.8 Å². The summed E-state index contributed by atoms with van der Waals surface area (Å²) >= 11 is 0. The number of nitrogens with one attached hydrogen (secondary N) is 1. The zero-order valence-corrected chi connectivity index (χ0v) is 17.2. The molecule has 1 saturated carbocycles. The maximum atomic E-state index is 13.0. The number of amides is 2. The Labute approximate surface area is 172 Å². The van der Waals surface area contributed by atoms with E-state index in [0.717, 1.165) is 31.5 Å². The van der Waals surface area contributed by atoms with E-state index in [-0.39, 0.29) is 11.8 Å². The minimum Gasteiger partial charge on any atom is -0.352 e. The molecule has 1 fully saturated rings. The van der Waals surface area contributed by atoms with Crippen molar-refractivity contribution in [2.24, 2.45) is 13.0 Å². The number of aryl methyl sites for hydroxylation is 1. The first-order chi connectivity index (χ1) is 14.1. The number of hydrogen-bond acceptors (Lipinski definition) is 3. The third-order valence-corrected chi connectivity index (χ3v) is 6.27. The van der Waals surface area contributed by atoms with E-state index in [1.54, 1.807) is 0 Å². The molecule has 0 bridgehead atoms. The van der Waals surface area contributed by atoms with Crippen molar-refractivity contribution in [2.75, 3.05) is 13.1 Å². The molecule has 29 heavy (non-hydrogen) atoms. The number of nitrogens with zero attached hydrogens (tertiary/aromatic N) is 3. The van der Waals surface area contributed by atoms with E-state index < -0.39 is 0 Å². The predicted molar refractivity (Wildman–Crippen MR) is 111 cm³/mol. The summed E-state index contributed by atoms with van der Waals surface area (Å²) in [6, 6.07) is 9.25. The maximum Gasteiger partial charge on any atom is 0.251 e.